The van der Waals surface area contributed by atoms with Gasteiger partial charge in [-0.1, -0.05) is 18.2 Å². The molecule has 0 amide bonds. The van der Waals surface area contributed by atoms with Gasteiger partial charge in [-0.05, 0) is 11.6 Å². The molecule has 0 spiro atoms. The fourth-order valence-corrected chi connectivity index (χ4v) is 2.20. The molecule has 0 radical (unpaired) electrons. The van der Waals surface area contributed by atoms with Crippen molar-refractivity contribution in [2.24, 2.45) is 5.73 Å². The summed E-state index contributed by atoms with van der Waals surface area (Å²) in [6.07, 6.45) is 0. The Morgan fingerprint density at radius 3 is 2.65 bits per heavy atom. The molecule has 2 N–H and O–H groups in total. The van der Waals surface area contributed by atoms with Crippen LogP contribution in [-0.4, -0.2) is 44.3 Å². The van der Waals surface area contributed by atoms with E-state index in [1.54, 1.807) is 6.07 Å². The van der Waals surface area contributed by atoms with Gasteiger partial charge in [-0.2, -0.15) is 0 Å². The molecule has 1 saturated heterocycles. The van der Waals surface area contributed by atoms with E-state index in [1.165, 1.54) is 6.07 Å². The third-order valence-electron chi connectivity index (χ3n) is 3.21. The number of ether oxygens (including phenoxy) is 1. The Hall–Kier alpha value is -0.970. The molecule has 1 unspecified atom stereocenters. The van der Waals surface area contributed by atoms with Crippen molar-refractivity contribution < 1.29 is 9.13 Å². The fourth-order valence-electron chi connectivity index (χ4n) is 2.20. The zero-order valence-corrected chi connectivity index (χ0v) is 9.94. The normalized spacial score (nSPS) is 19.2. The van der Waals surface area contributed by atoms with Gasteiger partial charge in [0.1, 0.15) is 5.82 Å². The van der Waals surface area contributed by atoms with E-state index in [2.05, 4.69) is 4.90 Å². The minimum absolute atomic E-state index is 0.0642. The summed E-state index contributed by atoms with van der Waals surface area (Å²) in [7, 11) is 0. The molecule has 4 heteroatoms. The molecule has 1 aliphatic rings. The first kappa shape index (κ1) is 12.5. The van der Waals surface area contributed by atoms with Gasteiger partial charge in [0.25, 0.3) is 0 Å². The highest BCUT2D eigenvalue weighted by Gasteiger charge is 2.19. The van der Waals surface area contributed by atoms with E-state index in [1.807, 2.05) is 12.1 Å². The lowest BCUT2D eigenvalue weighted by Crippen LogP contribution is -2.40. The van der Waals surface area contributed by atoms with Crippen molar-refractivity contribution in [3.05, 3.63) is 35.6 Å². The van der Waals surface area contributed by atoms with Crippen LogP contribution in [-0.2, 0) is 4.74 Å². The summed E-state index contributed by atoms with van der Waals surface area (Å²) in [6, 6.07) is 6.89. The van der Waals surface area contributed by atoms with Gasteiger partial charge in [0.05, 0.1) is 13.2 Å². The number of hydrogen-bond acceptors (Lipinski definition) is 3. The number of nitrogens with zero attached hydrogens (tertiary/aromatic N) is 1. The highest BCUT2D eigenvalue weighted by atomic mass is 19.1. The second kappa shape index (κ2) is 6.10. The number of nitrogens with two attached hydrogens (primary N) is 1. The SMILES string of the molecule is NCC(CN1CCOCC1)c1ccccc1F. The molecule has 0 bridgehead atoms. The average molecular weight is 238 g/mol. The smallest absolute Gasteiger partial charge is 0.126 e. The van der Waals surface area contributed by atoms with E-state index in [-0.39, 0.29) is 11.7 Å². The minimum atomic E-state index is -0.156. The van der Waals surface area contributed by atoms with Gasteiger partial charge in [0.2, 0.25) is 0 Å². The first-order valence-electron chi connectivity index (χ1n) is 6.06. The third kappa shape index (κ3) is 3.25. The molecule has 0 saturated carbocycles. The van der Waals surface area contributed by atoms with Gasteiger partial charge < -0.3 is 10.5 Å². The van der Waals surface area contributed by atoms with E-state index < -0.39 is 0 Å². The van der Waals surface area contributed by atoms with Gasteiger partial charge in [0, 0.05) is 32.1 Å². The van der Waals surface area contributed by atoms with Crippen molar-refractivity contribution in [1.29, 1.82) is 0 Å². The average Bonchev–Trinajstić information content (AvgIpc) is 2.38. The summed E-state index contributed by atoms with van der Waals surface area (Å²) in [5.74, 6) is -0.0921. The predicted molar refractivity (Wildman–Crippen MR) is 65.5 cm³/mol. The molecule has 17 heavy (non-hydrogen) atoms. The molecule has 1 fully saturated rings. The van der Waals surface area contributed by atoms with Crippen LogP contribution in [0.3, 0.4) is 0 Å². The highest BCUT2D eigenvalue weighted by Crippen LogP contribution is 2.19. The van der Waals surface area contributed by atoms with Crippen molar-refractivity contribution in [3.8, 4) is 0 Å². The first-order valence-corrected chi connectivity index (χ1v) is 6.06. The molecule has 1 aromatic carbocycles. The molecule has 0 aromatic heterocycles. The van der Waals surface area contributed by atoms with Gasteiger partial charge in [-0.25, -0.2) is 4.39 Å². The molecule has 94 valence electrons. The van der Waals surface area contributed by atoms with Crippen LogP contribution < -0.4 is 5.73 Å². The maximum atomic E-state index is 13.7. The van der Waals surface area contributed by atoms with E-state index in [9.17, 15) is 4.39 Å². The van der Waals surface area contributed by atoms with Crippen LogP contribution in [0.4, 0.5) is 4.39 Å². The summed E-state index contributed by atoms with van der Waals surface area (Å²) in [5, 5.41) is 0. The number of morpholine rings is 1. The van der Waals surface area contributed by atoms with Gasteiger partial charge in [-0.3, -0.25) is 4.90 Å². The Morgan fingerprint density at radius 2 is 2.00 bits per heavy atom. The van der Waals surface area contributed by atoms with Crippen LogP contribution in [0, 0.1) is 5.82 Å². The largest absolute Gasteiger partial charge is 0.379 e. The molecule has 3 nitrogen and oxygen atoms in total. The molecular weight excluding hydrogens is 219 g/mol. The van der Waals surface area contributed by atoms with Gasteiger partial charge >= 0.3 is 0 Å². The lowest BCUT2D eigenvalue weighted by molar-refractivity contribution is 0.0352. The molecule has 1 heterocycles. The minimum Gasteiger partial charge on any atom is -0.379 e. The van der Waals surface area contributed by atoms with Crippen LogP contribution in [0.5, 0.6) is 0 Å². The van der Waals surface area contributed by atoms with Crippen molar-refractivity contribution >= 4 is 0 Å². The standard InChI is InChI=1S/C13H19FN2O/c14-13-4-2-1-3-12(13)11(9-15)10-16-5-7-17-8-6-16/h1-4,11H,5-10,15H2. The van der Waals surface area contributed by atoms with Crippen LogP contribution >= 0.6 is 0 Å². The van der Waals surface area contributed by atoms with E-state index >= 15 is 0 Å². The van der Waals surface area contributed by atoms with Crippen molar-refractivity contribution in [2.45, 2.75) is 5.92 Å². The lowest BCUT2D eigenvalue weighted by Gasteiger charge is -2.30. The second-order valence-corrected chi connectivity index (χ2v) is 4.37. The van der Waals surface area contributed by atoms with E-state index in [4.69, 9.17) is 10.5 Å². The summed E-state index contributed by atoms with van der Waals surface area (Å²) in [5.41, 5.74) is 6.49. The number of benzene rings is 1. The summed E-state index contributed by atoms with van der Waals surface area (Å²) in [4.78, 5) is 2.29. The molecular formula is C13H19FN2O. The Bertz CT molecular complexity index is 353. The Labute approximate surface area is 101 Å². The van der Waals surface area contributed by atoms with Crippen molar-refractivity contribution in [1.82, 2.24) is 4.90 Å². The van der Waals surface area contributed by atoms with Crippen LogP contribution in [0.15, 0.2) is 24.3 Å². The monoisotopic (exact) mass is 238 g/mol. The Morgan fingerprint density at radius 1 is 1.29 bits per heavy atom. The first-order chi connectivity index (χ1) is 8.31. The van der Waals surface area contributed by atoms with Crippen molar-refractivity contribution in [2.75, 3.05) is 39.4 Å². The molecule has 1 aromatic rings. The van der Waals surface area contributed by atoms with Crippen LogP contribution in [0.1, 0.15) is 11.5 Å². The summed E-state index contributed by atoms with van der Waals surface area (Å²) in [6.45, 7) is 4.61. The molecule has 2 rings (SSSR count). The summed E-state index contributed by atoms with van der Waals surface area (Å²) < 4.78 is 19.0. The zero-order chi connectivity index (χ0) is 12.1. The quantitative estimate of drug-likeness (QED) is 0.856. The number of hydrogen-bond donors (Lipinski definition) is 1. The van der Waals surface area contributed by atoms with Crippen LogP contribution in [0.25, 0.3) is 0 Å². The lowest BCUT2D eigenvalue weighted by atomic mass is 9.98. The number of halogens is 1. The molecule has 1 aliphatic heterocycles. The predicted octanol–water partition coefficient (Wildman–Crippen LogP) is 1.20. The number of rotatable bonds is 4. The van der Waals surface area contributed by atoms with Gasteiger partial charge in [0.15, 0.2) is 0 Å². The maximum Gasteiger partial charge on any atom is 0.126 e. The molecule has 1 atom stereocenters. The topological polar surface area (TPSA) is 38.5 Å². The summed E-state index contributed by atoms with van der Waals surface area (Å²) >= 11 is 0. The highest BCUT2D eigenvalue weighted by molar-refractivity contribution is 5.22. The van der Waals surface area contributed by atoms with E-state index in [0.29, 0.717) is 6.54 Å². The molecule has 0 aliphatic carbocycles. The van der Waals surface area contributed by atoms with Crippen molar-refractivity contribution in [3.63, 3.8) is 0 Å². The van der Waals surface area contributed by atoms with Crippen LogP contribution in [0.2, 0.25) is 0 Å². The Balaban J connectivity index is 2.03. The second-order valence-electron chi connectivity index (χ2n) is 4.37. The zero-order valence-electron chi connectivity index (χ0n) is 9.94. The fraction of sp³-hybridized carbons (Fsp3) is 0.538. The van der Waals surface area contributed by atoms with Gasteiger partial charge in [-0.15, -0.1) is 0 Å². The van der Waals surface area contributed by atoms with E-state index in [0.717, 1.165) is 38.4 Å². The maximum absolute atomic E-state index is 13.7. The Kier molecular flexibility index (Phi) is 4.48. The third-order valence-corrected chi connectivity index (χ3v) is 3.21.